The van der Waals surface area contributed by atoms with Crippen molar-refractivity contribution in [3.63, 3.8) is 0 Å². The summed E-state index contributed by atoms with van der Waals surface area (Å²) in [6, 6.07) is 10.2. The fourth-order valence-electron chi connectivity index (χ4n) is 1.91. The second kappa shape index (κ2) is 5.09. The summed E-state index contributed by atoms with van der Waals surface area (Å²) in [7, 11) is 0. The van der Waals surface area contributed by atoms with Gasteiger partial charge in [0.25, 0.3) is 0 Å². The van der Waals surface area contributed by atoms with E-state index in [1.54, 1.807) is 5.01 Å². The first kappa shape index (κ1) is 11.1. The number of rotatable bonds is 4. The van der Waals surface area contributed by atoms with Gasteiger partial charge in [-0.2, -0.15) is 0 Å². The van der Waals surface area contributed by atoms with E-state index in [1.807, 2.05) is 30.3 Å². The Balaban J connectivity index is 1.98. The van der Waals surface area contributed by atoms with Crippen LogP contribution in [0.15, 0.2) is 30.3 Å². The molecule has 1 unspecified atom stereocenters. The van der Waals surface area contributed by atoms with Crippen molar-refractivity contribution in [1.82, 2.24) is 10.4 Å². The van der Waals surface area contributed by atoms with Crippen LogP contribution in [0.4, 0.5) is 0 Å². The van der Waals surface area contributed by atoms with Crippen LogP contribution in [0.25, 0.3) is 0 Å². The Morgan fingerprint density at radius 2 is 2.12 bits per heavy atom. The van der Waals surface area contributed by atoms with Gasteiger partial charge in [-0.25, -0.2) is 5.43 Å². The minimum atomic E-state index is 0.117. The number of nitrogens with two attached hydrogens (primary N) is 1. The van der Waals surface area contributed by atoms with Crippen LogP contribution < -0.4 is 11.2 Å². The third-order valence-electron chi connectivity index (χ3n) is 2.78. The molecule has 0 saturated carbocycles. The number of nitrogens with zero attached hydrogens (tertiary/aromatic N) is 1. The molecule has 4 heteroatoms. The summed E-state index contributed by atoms with van der Waals surface area (Å²) < 4.78 is 0. The highest BCUT2D eigenvalue weighted by Crippen LogP contribution is 2.23. The van der Waals surface area contributed by atoms with E-state index in [0.29, 0.717) is 19.5 Å². The number of carbonyl (C=O) groups excluding carboxylic acids is 1. The summed E-state index contributed by atoms with van der Waals surface area (Å²) in [4.78, 5) is 11.7. The molecule has 0 aliphatic carbocycles. The Bertz CT molecular complexity index is 353. The quantitative estimate of drug-likeness (QED) is 0.788. The Morgan fingerprint density at radius 3 is 2.81 bits per heavy atom. The lowest BCUT2D eigenvalue weighted by molar-refractivity contribution is -0.129. The number of hydrazine groups is 1. The molecule has 4 nitrogen and oxygen atoms in total. The van der Waals surface area contributed by atoms with Gasteiger partial charge in [0, 0.05) is 13.0 Å². The monoisotopic (exact) mass is 219 g/mol. The SMILES string of the molecule is NCCCN1NC(c2ccccc2)CC1=O. The van der Waals surface area contributed by atoms with Gasteiger partial charge in [0.1, 0.15) is 0 Å². The van der Waals surface area contributed by atoms with Crippen LogP contribution >= 0.6 is 0 Å². The standard InChI is InChI=1S/C12H17N3O/c13-7-4-8-15-12(16)9-11(14-15)10-5-2-1-3-6-10/h1-3,5-6,11,14H,4,7-9,13H2. The van der Waals surface area contributed by atoms with Gasteiger partial charge in [0.05, 0.1) is 6.04 Å². The minimum absolute atomic E-state index is 0.117. The molecule has 1 aromatic rings. The van der Waals surface area contributed by atoms with Crippen LogP contribution in [-0.2, 0) is 4.79 Å². The molecule has 1 aliphatic heterocycles. The van der Waals surface area contributed by atoms with E-state index >= 15 is 0 Å². The zero-order valence-corrected chi connectivity index (χ0v) is 9.23. The smallest absolute Gasteiger partial charge is 0.238 e. The molecule has 1 atom stereocenters. The maximum atomic E-state index is 11.7. The first-order chi connectivity index (χ1) is 7.81. The highest BCUT2D eigenvalue weighted by molar-refractivity contribution is 5.78. The lowest BCUT2D eigenvalue weighted by atomic mass is 10.1. The Kier molecular flexibility index (Phi) is 3.54. The third kappa shape index (κ3) is 2.40. The van der Waals surface area contributed by atoms with Gasteiger partial charge in [-0.05, 0) is 18.5 Å². The van der Waals surface area contributed by atoms with E-state index in [4.69, 9.17) is 5.73 Å². The van der Waals surface area contributed by atoms with Crippen LogP contribution in [0, 0.1) is 0 Å². The Hall–Kier alpha value is -1.39. The number of hydrogen-bond acceptors (Lipinski definition) is 3. The van der Waals surface area contributed by atoms with E-state index in [0.717, 1.165) is 12.0 Å². The fourth-order valence-corrected chi connectivity index (χ4v) is 1.91. The molecule has 1 saturated heterocycles. The summed E-state index contributed by atoms with van der Waals surface area (Å²) in [5, 5.41) is 1.69. The highest BCUT2D eigenvalue weighted by Gasteiger charge is 2.29. The van der Waals surface area contributed by atoms with Crippen LogP contribution in [0.3, 0.4) is 0 Å². The number of hydrogen-bond donors (Lipinski definition) is 2. The molecule has 0 spiro atoms. The van der Waals surface area contributed by atoms with Crippen molar-refractivity contribution < 1.29 is 4.79 Å². The van der Waals surface area contributed by atoms with Crippen molar-refractivity contribution in [2.24, 2.45) is 5.73 Å². The molecule has 16 heavy (non-hydrogen) atoms. The molecular weight excluding hydrogens is 202 g/mol. The molecule has 0 radical (unpaired) electrons. The number of benzene rings is 1. The van der Waals surface area contributed by atoms with Gasteiger partial charge in [0.15, 0.2) is 0 Å². The van der Waals surface area contributed by atoms with Crippen molar-refractivity contribution in [2.75, 3.05) is 13.1 Å². The molecule has 86 valence electrons. The molecule has 3 N–H and O–H groups in total. The van der Waals surface area contributed by atoms with Gasteiger partial charge in [-0.1, -0.05) is 30.3 Å². The lowest BCUT2D eigenvalue weighted by Crippen LogP contribution is -2.36. The van der Waals surface area contributed by atoms with Crippen molar-refractivity contribution in [3.05, 3.63) is 35.9 Å². The van der Waals surface area contributed by atoms with E-state index in [1.165, 1.54) is 0 Å². The first-order valence-corrected chi connectivity index (χ1v) is 5.63. The van der Waals surface area contributed by atoms with Crippen molar-refractivity contribution >= 4 is 5.91 Å². The third-order valence-corrected chi connectivity index (χ3v) is 2.78. The molecule has 0 bridgehead atoms. The highest BCUT2D eigenvalue weighted by atomic mass is 16.2. The van der Waals surface area contributed by atoms with Crippen molar-refractivity contribution in [3.8, 4) is 0 Å². The van der Waals surface area contributed by atoms with Crippen LogP contribution in [-0.4, -0.2) is 24.0 Å². The molecule has 0 aromatic heterocycles. The molecule has 1 aliphatic rings. The largest absolute Gasteiger partial charge is 0.330 e. The second-order valence-corrected chi connectivity index (χ2v) is 3.98. The maximum absolute atomic E-state index is 11.7. The number of amides is 1. The second-order valence-electron chi connectivity index (χ2n) is 3.98. The molecule has 1 aromatic carbocycles. The van der Waals surface area contributed by atoms with Gasteiger partial charge in [-0.15, -0.1) is 0 Å². The topological polar surface area (TPSA) is 58.4 Å². The maximum Gasteiger partial charge on any atom is 0.238 e. The molecule has 1 amide bonds. The summed E-state index contributed by atoms with van der Waals surface area (Å²) in [6.07, 6.45) is 1.37. The van der Waals surface area contributed by atoms with Crippen LogP contribution in [0.2, 0.25) is 0 Å². The van der Waals surface area contributed by atoms with Crippen molar-refractivity contribution in [2.45, 2.75) is 18.9 Å². The van der Waals surface area contributed by atoms with Crippen LogP contribution in [0.5, 0.6) is 0 Å². The van der Waals surface area contributed by atoms with Crippen LogP contribution in [0.1, 0.15) is 24.4 Å². The van der Waals surface area contributed by atoms with E-state index in [2.05, 4.69) is 5.43 Å². The van der Waals surface area contributed by atoms with E-state index in [-0.39, 0.29) is 11.9 Å². The van der Waals surface area contributed by atoms with E-state index < -0.39 is 0 Å². The predicted octanol–water partition coefficient (Wildman–Crippen LogP) is 0.813. The van der Waals surface area contributed by atoms with E-state index in [9.17, 15) is 4.79 Å². The average Bonchev–Trinajstić information content (AvgIpc) is 2.69. The lowest BCUT2D eigenvalue weighted by Gasteiger charge is -2.17. The number of carbonyl (C=O) groups is 1. The van der Waals surface area contributed by atoms with Gasteiger partial charge >= 0.3 is 0 Å². The summed E-state index contributed by atoms with van der Waals surface area (Å²) in [5.74, 6) is 0.155. The van der Waals surface area contributed by atoms with Gasteiger partial charge in [-0.3, -0.25) is 9.80 Å². The summed E-state index contributed by atoms with van der Waals surface area (Å²) in [6.45, 7) is 1.31. The van der Waals surface area contributed by atoms with Crippen molar-refractivity contribution in [1.29, 1.82) is 0 Å². The first-order valence-electron chi connectivity index (χ1n) is 5.63. The molecule has 2 rings (SSSR count). The van der Waals surface area contributed by atoms with Gasteiger partial charge in [0.2, 0.25) is 5.91 Å². The molecule has 1 fully saturated rings. The summed E-state index contributed by atoms with van der Waals surface area (Å²) in [5.41, 5.74) is 9.81. The predicted molar refractivity (Wildman–Crippen MR) is 62.3 cm³/mol. The fraction of sp³-hybridized carbons (Fsp3) is 0.417. The molecule has 1 heterocycles. The minimum Gasteiger partial charge on any atom is -0.330 e. The Morgan fingerprint density at radius 1 is 1.38 bits per heavy atom. The Labute approximate surface area is 95.4 Å². The molecular formula is C12H17N3O. The normalized spacial score (nSPS) is 20.4. The average molecular weight is 219 g/mol. The number of nitrogens with one attached hydrogen (secondary N) is 1. The zero-order valence-electron chi connectivity index (χ0n) is 9.23. The zero-order chi connectivity index (χ0) is 11.4. The van der Waals surface area contributed by atoms with Gasteiger partial charge < -0.3 is 5.73 Å². The summed E-state index contributed by atoms with van der Waals surface area (Å²) >= 11 is 0.